The Labute approximate surface area is 70.4 Å². The van der Waals surface area contributed by atoms with Gasteiger partial charge in [0.1, 0.15) is 17.5 Å². The first-order chi connectivity index (χ1) is 4.46. The number of hydrogen-bond donors (Lipinski definition) is 1. The highest BCUT2D eigenvalue weighted by Gasteiger charge is 2.21. The summed E-state index contributed by atoms with van der Waals surface area (Å²) in [5.74, 6) is -1.28. The van der Waals surface area contributed by atoms with Crippen LogP contribution in [0.1, 0.15) is 13.8 Å². The second kappa shape index (κ2) is 3.83. The smallest absolute Gasteiger partial charge is 0.146 e. The van der Waals surface area contributed by atoms with E-state index in [0.29, 0.717) is 0 Å². The number of Topliss-reactive ketones (excluding diaryl/α,β-unsaturated/α-hetero) is 2. The van der Waals surface area contributed by atoms with Crippen LogP contribution in [0, 0.1) is 5.92 Å². The van der Waals surface area contributed by atoms with Crippen molar-refractivity contribution < 1.29 is 9.59 Å². The van der Waals surface area contributed by atoms with Crippen LogP contribution < -0.4 is 0 Å². The molecule has 0 atom stereocenters. The monoisotopic (exact) mass is 176 g/mol. The largest absolute Gasteiger partial charge is 0.299 e. The number of hydrogen-bond acceptors (Lipinski definition) is 3. The maximum Gasteiger partial charge on any atom is 0.146 e. The fourth-order valence-electron chi connectivity index (χ4n) is 0.634. The fourth-order valence-corrected chi connectivity index (χ4v) is 1.33. The lowest BCUT2D eigenvalue weighted by molar-refractivity contribution is -0.127. The first kappa shape index (κ1) is 9.78. The van der Waals surface area contributed by atoms with E-state index in [-0.39, 0.29) is 15.8 Å². The molecular formula is C6H8O2S2. The Bertz CT molecular complexity index is 153. The molecule has 0 spiro atoms. The number of carbonyl (C=O) groups excluding carboxylic acids is 2. The molecule has 0 aromatic rings. The Balaban J connectivity index is 4.43. The number of ketones is 2. The molecule has 0 saturated heterocycles. The normalized spacial score (nSPS) is 9.60. The molecule has 2 nitrogen and oxygen atoms in total. The van der Waals surface area contributed by atoms with Crippen LogP contribution in [0.3, 0.4) is 0 Å². The summed E-state index contributed by atoms with van der Waals surface area (Å²) < 4.78 is 0.153. The van der Waals surface area contributed by atoms with Crippen molar-refractivity contribution in [2.75, 3.05) is 0 Å². The van der Waals surface area contributed by atoms with Crippen LogP contribution in [-0.4, -0.2) is 15.8 Å². The van der Waals surface area contributed by atoms with Crippen molar-refractivity contribution in [3.8, 4) is 0 Å². The van der Waals surface area contributed by atoms with Crippen molar-refractivity contribution >= 4 is 40.6 Å². The molecule has 0 radical (unpaired) electrons. The lowest BCUT2D eigenvalue weighted by Gasteiger charge is -2.05. The van der Waals surface area contributed by atoms with Gasteiger partial charge in [0.25, 0.3) is 0 Å². The summed E-state index contributed by atoms with van der Waals surface area (Å²) in [6.45, 7) is 2.66. The molecule has 0 amide bonds. The Hall–Kier alpha value is -0.220. The van der Waals surface area contributed by atoms with Gasteiger partial charge in [-0.2, -0.15) is 0 Å². The molecule has 0 aliphatic rings. The van der Waals surface area contributed by atoms with Crippen LogP contribution in [0.4, 0.5) is 0 Å². The molecule has 0 heterocycles. The van der Waals surface area contributed by atoms with E-state index in [9.17, 15) is 9.59 Å². The van der Waals surface area contributed by atoms with Crippen LogP contribution in [0.2, 0.25) is 0 Å². The van der Waals surface area contributed by atoms with Crippen LogP contribution >= 0.6 is 24.8 Å². The SMILES string of the molecule is CC(=O)C(C(C)=O)C(=S)S. The van der Waals surface area contributed by atoms with E-state index in [1.165, 1.54) is 13.8 Å². The van der Waals surface area contributed by atoms with Gasteiger partial charge in [-0.1, -0.05) is 12.2 Å². The van der Waals surface area contributed by atoms with Crippen LogP contribution in [0.15, 0.2) is 0 Å². The average molecular weight is 176 g/mol. The van der Waals surface area contributed by atoms with E-state index >= 15 is 0 Å². The predicted octanol–water partition coefficient (Wildman–Crippen LogP) is 1.04. The van der Waals surface area contributed by atoms with Crippen LogP contribution in [0.25, 0.3) is 0 Å². The molecule has 0 rings (SSSR count). The number of thiol groups is 1. The van der Waals surface area contributed by atoms with Gasteiger partial charge in [0.2, 0.25) is 0 Å². The van der Waals surface area contributed by atoms with Gasteiger partial charge in [0.05, 0.1) is 4.20 Å². The van der Waals surface area contributed by atoms with Crippen molar-refractivity contribution in [3.05, 3.63) is 0 Å². The van der Waals surface area contributed by atoms with E-state index < -0.39 is 5.92 Å². The zero-order valence-electron chi connectivity index (χ0n) is 5.75. The maximum absolute atomic E-state index is 10.7. The van der Waals surface area contributed by atoms with Gasteiger partial charge in [0.15, 0.2) is 0 Å². The number of carbonyl (C=O) groups is 2. The van der Waals surface area contributed by atoms with Crippen molar-refractivity contribution in [1.29, 1.82) is 0 Å². The van der Waals surface area contributed by atoms with Crippen LogP contribution in [-0.2, 0) is 9.59 Å². The summed E-state index contributed by atoms with van der Waals surface area (Å²) in [5, 5.41) is 0. The second-order valence-electron chi connectivity index (χ2n) is 1.99. The quantitative estimate of drug-likeness (QED) is 0.396. The van der Waals surface area contributed by atoms with E-state index in [0.717, 1.165) is 0 Å². The summed E-state index contributed by atoms with van der Waals surface area (Å²) in [4.78, 5) is 21.3. The molecule has 0 aliphatic carbocycles. The average Bonchev–Trinajstić information content (AvgIpc) is 1.59. The zero-order chi connectivity index (χ0) is 8.31. The molecule has 4 heteroatoms. The van der Waals surface area contributed by atoms with Gasteiger partial charge in [0, 0.05) is 0 Å². The summed E-state index contributed by atoms with van der Waals surface area (Å²) in [6, 6.07) is 0. The summed E-state index contributed by atoms with van der Waals surface area (Å²) in [5.41, 5.74) is 0. The molecule has 0 aromatic carbocycles. The zero-order valence-corrected chi connectivity index (χ0v) is 7.46. The summed E-state index contributed by atoms with van der Waals surface area (Å²) in [6.07, 6.45) is 0. The van der Waals surface area contributed by atoms with Gasteiger partial charge >= 0.3 is 0 Å². The minimum absolute atomic E-state index is 0.153. The first-order valence-electron chi connectivity index (χ1n) is 2.70. The Morgan fingerprint density at radius 3 is 1.60 bits per heavy atom. The third kappa shape index (κ3) is 2.58. The first-order valence-corrected chi connectivity index (χ1v) is 3.56. The molecule has 0 bridgehead atoms. The third-order valence-corrected chi connectivity index (χ3v) is 1.55. The van der Waals surface area contributed by atoms with Crippen molar-refractivity contribution in [2.24, 2.45) is 5.92 Å². The number of thiocarbonyl (C=S) groups is 1. The van der Waals surface area contributed by atoms with E-state index in [1.54, 1.807) is 0 Å². The fraction of sp³-hybridized carbons (Fsp3) is 0.500. The topological polar surface area (TPSA) is 34.1 Å². The minimum atomic E-state index is -0.793. The maximum atomic E-state index is 10.7. The standard InChI is InChI=1S/C6H8O2S2/c1-3(7)5(4(2)8)6(9)10/h5H,1-2H3,(H,9,10). The molecule has 0 unspecified atom stereocenters. The molecule has 0 N–H and O–H groups in total. The highest BCUT2D eigenvalue weighted by molar-refractivity contribution is 8.11. The molecule has 0 aromatic heterocycles. The van der Waals surface area contributed by atoms with Gasteiger partial charge in [-0.25, -0.2) is 0 Å². The highest BCUT2D eigenvalue weighted by atomic mass is 32.1. The third-order valence-electron chi connectivity index (χ3n) is 1.06. The van der Waals surface area contributed by atoms with E-state index in [1.807, 2.05) is 0 Å². The van der Waals surface area contributed by atoms with Crippen molar-refractivity contribution in [1.82, 2.24) is 0 Å². The molecule has 0 aliphatic heterocycles. The Morgan fingerprint density at radius 1 is 1.30 bits per heavy atom. The molecule has 10 heavy (non-hydrogen) atoms. The number of rotatable bonds is 3. The molecule has 56 valence electrons. The molecule has 0 fully saturated rings. The summed E-state index contributed by atoms with van der Waals surface area (Å²) in [7, 11) is 0. The second-order valence-corrected chi connectivity index (χ2v) is 3.22. The van der Waals surface area contributed by atoms with Crippen LogP contribution in [0.5, 0.6) is 0 Å². The van der Waals surface area contributed by atoms with Crippen molar-refractivity contribution in [3.63, 3.8) is 0 Å². The van der Waals surface area contributed by atoms with Crippen molar-refractivity contribution in [2.45, 2.75) is 13.8 Å². The lowest BCUT2D eigenvalue weighted by atomic mass is 10.0. The Morgan fingerprint density at radius 2 is 1.60 bits per heavy atom. The summed E-state index contributed by atoms with van der Waals surface area (Å²) >= 11 is 8.35. The van der Waals surface area contributed by atoms with E-state index in [4.69, 9.17) is 0 Å². The highest BCUT2D eigenvalue weighted by Crippen LogP contribution is 2.06. The predicted molar refractivity (Wildman–Crippen MR) is 46.4 cm³/mol. The lowest BCUT2D eigenvalue weighted by Crippen LogP contribution is -2.24. The molecular weight excluding hydrogens is 168 g/mol. The molecule has 0 saturated carbocycles. The van der Waals surface area contributed by atoms with Gasteiger partial charge in [-0.15, -0.1) is 12.6 Å². The Kier molecular flexibility index (Phi) is 3.75. The van der Waals surface area contributed by atoms with Gasteiger partial charge in [-0.05, 0) is 13.8 Å². The minimum Gasteiger partial charge on any atom is -0.299 e. The van der Waals surface area contributed by atoms with E-state index in [2.05, 4.69) is 24.8 Å². The van der Waals surface area contributed by atoms with Gasteiger partial charge in [-0.3, -0.25) is 9.59 Å². The van der Waals surface area contributed by atoms with Gasteiger partial charge < -0.3 is 0 Å².